The minimum Gasteiger partial charge on any atom is -0.368 e. The average Bonchev–Trinajstić information content (AvgIpc) is 2.90. The first kappa shape index (κ1) is 24.9. The smallest absolute Gasteiger partial charge is 0.253 e. The fraction of sp³-hybridized carbons (Fsp3) is 0.310. The fourth-order valence-corrected chi connectivity index (χ4v) is 5.39. The van der Waals surface area contributed by atoms with Crippen LogP contribution in [0.25, 0.3) is 0 Å². The first-order chi connectivity index (χ1) is 17.0. The van der Waals surface area contributed by atoms with Crippen LogP contribution in [0.15, 0.2) is 71.6 Å². The molecule has 182 valence electrons. The Morgan fingerprint density at radius 1 is 0.914 bits per heavy atom. The number of hydrogen-bond acceptors (Lipinski definition) is 4. The minimum absolute atomic E-state index is 0.00931. The molecule has 3 aromatic rings. The lowest BCUT2D eigenvalue weighted by molar-refractivity contribution is -0.115. The van der Waals surface area contributed by atoms with Crippen LogP contribution < -0.4 is 10.2 Å². The molecule has 3 aromatic carbocycles. The summed E-state index contributed by atoms with van der Waals surface area (Å²) in [6, 6.07) is 22.3. The quantitative estimate of drug-likeness (QED) is 0.421. The van der Waals surface area contributed by atoms with Gasteiger partial charge in [-0.1, -0.05) is 43.3 Å². The lowest BCUT2D eigenvalue weighted by atomic mass is 10.1. The predicted octanol–water partition coefficient (Wildman–Crippen LogP) is 5.91. The number of nitrogens with one attached hydrogen (secondary N) is 1. The molecule has 2 amide bonds. The van der Waals surface area contributed by atoms with Crippen LogP contribution >= 0.6 is 11.8 Å². The molecule has 0 atom stereocenters. The summed E-state index contributed by atoms with van der Waals surface area (Å²) in [6.45, 7) is 9.14. The second-order valence-electron chi connectivity index (χ2n) is 8.89. The molecule has 0 radical (unpaired) electrons. The molecule has 35 heavy (non-hydrogen) atoms. The zero-order chi connectivity index (χ0) is 24.8. The highest BCUT2D eigenvalue weighted by Crippen LogP contribution is 2.35. The number of carbonyl (C=O) groups excluding carboxylic acids is 2. The molecular formula is C29H33N3O2S. The van der Waals surface area contributed by atoms with Crippen molar-refractivity contribution in [1.29, 1.82) is 0 Å². The number of para-hydroxylation sites is 1. The third-order valence-electron chi connectivity index (χ3n) is 6.52. The molecule has 1 heterocycles. The summed E-state index contributed by atoms with van der Waals surface area (Å²) in [7, 11) is 0. The SMILES string of the molecule is CCC(=O)Nc1ccc(C)c(C)c1SCc1cccc(C(=O)N2CCN(c3ccccc3)CC2)c1. The topological polar surface area (TPSA) is 52.7 Å². The largest absolute Gasteiger partial charge is 0.368 e. The lowest BCUT2D eigenvalue weighted by Gasteiger charge is -2.36. The molecule has 0 saturated carbocycles. The lowest BCUT2D eigenvalue weighted by Crippen LogP contribution is -2.48. The number of carbonyl (C=O) groups is 2. The molecule has 1 N–H and O–H groups in total. The third-order valence-corrected chi connectivity index (χ3v) is 7.81. The van der Waals surface area contributed by atoms with E-state index in [1.807, 2.05) is 48.2 Å². The van der Waals surface area contributed by atoms with Gasteiger partial charge in [0.05, 0.1) is 5.69 Å². The summed E-state index contributed by atoms with van der Waals surface area (Å²) in [5.74, 6) is 0.824. The fourth-order valence-electron chi connectivity index (χ4n) is 4.25. The van der Waals surface area contributed by atoms with Gasteiger partial charge in [-0.05, 0) is 60.9 Å². The minimum atomic E-state index is 0.00931. The zero-order valence-electron chi connectivity index (χ0n) is 20.7. The second kappa shape index (κ2) is 11.5. The number of thioether (sulfide) groups is 1. The molecular weight excluding hydrogens is 454 g/mol. The number of piperazine rings is 1. The first-order valence-electron chi connectivity index (χ1n) is 12.2. The van der Waals surface area contributed by atoms with Crippen LogP contribution in [0.2, 0.25) is 0 Å². The number of anilines is 2. The van der Waals surface area contributed by atoms with E-state index in [2.05, 4.69) is 54.4 Å². The maximum atomic E-state index is 13.2. The maximum absolute atomic E-state index is 13.2. The van der Waals surface area contributed by atoms with Gasteiger partial charge in [0.25, 0.3) is 5.91 Å². The highest BCUT2D eigenvalue weighted by Gasteiger charge is 2.22. The molecule has 0 bridgehead atoms. The van der Waals surface area contributed by atoms with Crippen molar-refractivity contribution in [2.24, 2.45) is 0 Å². The van der Waals surface area contributed by atoms with Gasteiger partial charge in [-0.15, -0.1) is 11.8 Å². The van der Waals surface area contributed by atoms with Crippen molar-refractivity contribution in [3.8, 4) is 0 Å². The van der Waals surface area contributed by atoms with Gasteiger partial charge in [-0.3, -0.25) is 9.59 Å². The summed E-state index contributed by atoms with van der Waals surface area (Å²) < 4.78 is 0. The van der Waals surface area contributed by atoms with E-state index in [-0.39, 0.29) is 11.8 Å². The van der Waals surface area contributed by atoms with Crippen molar-refractivity contribution in [3.05, 3.63) is 89.0 Å². The van der Waals surface area contributed by atoms with Crippen LogP contribution in [0.3, 0.4) is 0 Å². The summed E-state index contributed by atoms with van der Waals surface area (Å²) in [5.41, 5.74) is 6.26. The number of benzene rings is 3. The van der Waals surface area contributed by atoms with E-state index >= 15 is 0 Å². The van der Waals surface area contributed by atoms with Gasteiger partial charge in [0.15, 0.2) is 0 Å². The Kier molecular flexibility index (Phi) is 8.13. The Balaban J connectivity index is 1.42. The van der Waals surface area contributed by atoms with Gasteiger partial charge < -0.3 is 15.1 Å². The first-order valence-corrected chi connectivity index (χ1v) is 13.2. The molecule has 4 rings (SSSR count). The van der Waals surface area contributed by atoms with Crippen LogP contribution in [0.5, 0.6) is 0 Å². The number of nitrogens with zero attached hydrogens (tertiary/aromatic N) is 2. The predicted molar refractivity (Wildman–Crippen MR) is 145 cm³/mol. The third kappa shape index (κ3) is 6.06. The van der Waals surface area contributed by atoms with Crippen molar-refractivity contribution in [2.75, 3.05) is 36.4 Å². The molecule has 1 aliphatic heterocycles. The van der Waals surface area contributed by atoms with Gasteiger partial charge in [0.1, 0.15) is 0 Å². The van der Waals surface area contributed by atoms with E-state index in [0.29, 0.717) is 6.42 Å². The summed E-state index contributed by atoms with van der Waals surface area (Å²) >= 11 is 1.70. The van der Waals surface area contributed by atoms with E-state index in [0.717, 1.165) is 53.6 Å². The molecule has 0 spiro atoms. The number of aryl methyl sites for hydroxylation is 1. The van der Waals surface area contributed by atoms with Crippen LogP contribution in [-0.4, -0.2) is 42.9 Å². The van der Waals surface area contributed by atoms with Crippen LogP contribution in [0.1, 0.15) is 40.4 Å². The Morgan fingerprint density at radius 3 is 2.37 bits per heavy atom. The standard InChI is InChI=1S/C29H33N3O2S/c1-4-27(33)30-26-14-13-21(2)22(3)28(26)35-20-23-9-8-10-24(19-23)29(34)32-17-15-31(16-18-32)25-11-6-5-7-12-25/h5-14,19H,4,15-18,20H2,1-3H3,(H,30,33). The Bertz CT molecular complexity index is 1190. The van der Waals surface area contributed by atoms with Gasteiger partial charge in [0, 0.05) is 54.5 Å². The van der Waals surface area contributed by atoms with E-state index in [9.17, 15) is 9.59 Å². The molecule has 1 saturated heterocycles. The Hall–Kier alpha value is -3.25. The molecule has 0 aromatic heterocycles. The van der Waals surface area contributed by atoms with Crippen molar-refractivity contribution >= 4 is 35.0 Å². The van der Waals surface area contributed by atoms with Gasteiger partial charge >= 0.3 is 0 Å². The molecule has 6 heteroatoms. The summed E-state index contributed by atoms with van der Waals surface area (Å²) in [6.07, 6.45) is 0.445. The molecule has 5 nitrogen and oxygen atoms in total. The number of hydrogen-bond donors (Lipinski definition) is 1. The molecule has 1 fully saturated rings. The van der Waals surface area contributed by atoms with Crippen molar-refractivity contribution in [3.63, 3.8) is 0 Å². The summed E-state index contributed by atoms with van der Waals surface area (Å²) in [5, 5.41) is 3.03. The molecule has 0 aliphatic carbocycles. The molecule has 1 aliphatic rings. The molecule has 0 unspecified atom stereocenters. The number of amides is 2. The van der Waals surface area contributed by atoms with Crippen molar-refractivity contribution in [2.45, 2.75) is 37.8 Å². The zero-order valence-corrected chi connectivity index (χ0v) is 21.5. The normalized spacial score (nSPS) is 13.6. The van der Waals surface area contributed by atoms with Crippen LogP contribution in [0.4, 0.5) is 11.4 Å². The van der Waals surface area contributed by atoms with E-state index in [1.165, 1.54) is 16.8 Å². The maximum Gasteiger partial charge on any atom is 0.253 e. The number of rotatable bonds is 7. The van der Waals surface area contributed by atoms with E-state index in [4.69, 9.17) is 0 Å². The summed E-state index contributed by atoms with van der Waals surface area (Å²) in [4.78, 5) is 30.6. The van der Waals surface area contributed by atoms with Crippen LogP contribution in [0, 0.1) is 13.8 Å². The Labute approximate surface area is 212 Å². The van der Waals surface area contributed by atoms with E-state index in [1.54, 1.807) is 11.8 Å². The van der Waals surface area contributed by atoms with Gasteiger partial charge in [-0.25, -0.2) is 0 Å². The van der Waals surface area contributed by atoms with E-state index < -0.39 is 0 Å². The van der Waals surface area contributed by atoms with Gasteiger partial charge in [-0.2, -0.15) is 0 Å². The van der Waals surface area contributed by atoms with Crippen molar-refractivity contribution < 1.29 is 9.59 Å². The Morgan fingerprint density at radius 2 is 1.66 bits per heavy atom. The average molecular weight is 488 g/mol. The van der Waals surface area contributed by atoms with Crippen molar-refractivity contribution in [1.82, 2.24) is 4.90 Å². The van der Waals surface area contributed by atoms with Crippen LogP contribution in [-0.2, 0) is 10.5 Å². The second-order valence-corrected chi connectivity index (χ2v) is 9.88. The van der Waals surface area contributed by atoms with Gasteiger partial charge in [0.2, 0.25) is 5.91 Å². The monoisotopic (exact) mass is 487 g/mol. The highest BCUT2D eigenvalue weighted by atomic mass is 32.2. The highest BCUT2D eigenvalue weighted by molar-refractivity contribution is 7.98.